The second-order valence-corrected chi connectivity index (χ2v) is 9.79. The third kappa shape index (κ3) is 5.86. The van der Waals surface area contributed by atoms with Gasteiger partial charge in [0.05, 0.1) is 23.4 Å². The molecule has 0 aliphatic carbocycles. The molecule has 2 heterocycles. The molecule has 2 rings (SSSR count). The highest BCUT2D eigenvalue weighted by molar-refractivity contribution is 5.86. The molecule has 31 heavy (non-hydrogen) atoms. The number of aliphatic hydroxyl groups is 2. The number of ether oxygens (including phenoxy) is 3. The molecule has 2 saturated heterocycles. The van der Waals surface area contributed by atoms with Gasteiger partial charge in [-0.05, 0) is 71.6 Å². The maximum atomic E-state index is 11.8. The summed E-state index contributed by atoms with van der Waals surface area (Å²) in [6.45, 7) is 10.4. The summed E-state index contributed by atoms with van der Waals surface area (Å²) in [5.74, 6) is -2.09. The van der Waals surface area contributed by atoms with Gasteiger partial charge < -0.3 is 29.5 Å². The molecule has 0 amide bonds. The number of carbonyl (C=O) groups excluding carboxylic acids is 1. The Bertz CT molecular complexity index is 689. The minimum atomic E-state index is -1.21. The van der Waals surface area contributed by atoms with E-state index in [1.54, 1.807) is 13.8 Å². The molecule has 0 unspecified atom stereocenters. The molecule has 7 atom stereocenters. The van der Waals surface area contributed by atoms with Crippen molar-refractivity contribution in [2.24, 2.45) is 5.92 Å². The highest BCUT2D eigenvalue weighted by atomic mass is 16.6. The van der Waals surface area contributed by atoms with Gasteiger partial charge in [-0.15, -0.1) is 0 Å². The zero-order valence-corrected chi connectivity index (χ0v) is 19.3. The second-order valence-electron chi connectivity index (χ2n) is 9.79. The molecular formula is C23H38O8. The average Bonchev–Trinajstić information content (AvgIpc) is 3.10. The molecule has 2 fully saturated rings. The summed E-state index contributed by atoms with van der Waals surface area (Å²) >= 11 is 0. The van der Waals surface area contributed by atoms with Crippen LogP contribution in [0.3, 0.4) is 0 Å². The van der Waals surface area contributed by atoms with Crippen molar-refractivity contribution in [1.82, 2.24) is 0 Å². The lowest BCUT2D eigenvalue weighted by Crippen LogP contribution is -2.48. The third-order valence-corrected chi connectivity index (χ3v) is 7.35. The van der Waals surface area contributed by atoms with E-state index in [1.165, 1.54) is 14.0 Å². The molecule has 3 N–H and O–H groups in total. The van der Waals surface area contributed by atoms with Crippen LogP contribution >= 0.6 is 0 Å². The maximum absolute atomic E-state index is 11.8. The van der Waals surface area contributed by atoms with E-state index >= 15 is 0 Å². The SMILES string of the molecule is C=C(C(=O)O)[C@@H]1CC[C@@](C)(O)[C@@H]2CC[C@@](C)(O2)[C@@H](OC(C)=O)CC[C@](C)(OC)[C@H](O)C1. The van der Waals surface area contributed by atoms with E-state index in [1.807, 2.05) is 6.92 Å². The Morgan fingerprint density at radius 1 is 1.10 bits per heavy atom. The number of carbonyl (C=O) groups is 2. The van der Waals surface area contributed by atoms with Crippen LogP contribution in [0.2, 0.25) is 0 Å². The van der Waals surface area contributed by atoms with Crippen molar-refractivity contribution in [3.05, 3.63) is 12.2 Å². The monoisotopic (exact) mass is 442 g/mol. The Balaban J connectivity index is 2.43. The van der Waals surface area contributed by atoms with Crippen LogP contribution in [-0.2, 0) is 23.8 Å². The first-order chi connectivity index (χ1) is 14.2. The van der Waals surface area contributed by atoms with Crippen LogP contribution in [0, 0.1) is 5.92 Å². The summed E-state index contributed by atoms with van der Waals surface area (Å²) in [5.41, 5.74) is -2.98. The van der Waals surface area contributed by atoms with E-state index in [9.17, 15) is 24.9 Å². The van der Waals surface area contributed by atoms with Gasteiger partial charge >= 0.3 is 11.9 Å². The minimum absolute atomic E-state index is 0.00172. The van der Waals surface area contributed by atoms with E-state index in [2.05, 4.69) is 6.58 Å². The van der Waals surface area contributed by atoms with Gasteiger partial charge in [0.25, 0.3) is 0 Å². The predicted octanol–water partition coefficient (Wildman–Crippen LogP) is 2.59. The Kier molecular flexibility index (Phi) is 7.95. The molecule has 178 valence electrons. The van der Waals surface area contributed by atoms with Gasteiger partial charge in [-0.1, -0.05) is 6.58 Å². The van der Waals surface area contributed by atoms with E-state index in [0.29, 0.717) is 32.1 Å². The molecule has 2 aliphatic rings. The van der Waals surface area contributed by atoms with Gasteiger partial charge in [-0.3, -0.25) is 4.79 Å². The molecular weight excluding hydrogens is 404 g/mol. The Morgan fingerprint density at radius 3 is 2.29 bits per heavy atom. The average molecular weight is 443 g/mol. The van der Waals surface area contributed by atoms with Crippen molar-refractivity contribution in [3.63, 3.8) is 0 Å². The lowest BCUT2D eigenvalue weighted by molar-refractivity contribution is -0.186. The van der Waals surface area contributed by atoms with E-state index in [0.717, 1.165) is 0 Å². The summed E-state index contributed by atoms with van der Waals surface area (Å²) in [6.07, 6.45) is 0.663. The number of carboxylic acids is 1. The van der Waals surface area contributed by atoms with Crippen molar-refractivity contribution in [2.75, 3.05) is 7.11 Å². The first-order valence-electron chi connectivity index (χ1n) is 11.0. The van der Waals surface area contributed by atoms with Crippen LogP contribution in [0.4, 0.5) is 0 Å². The number of methoxy groups -OCH3 is 1. The fourth-order valence-electron chi connectivity index (χ4n) is 4.80. The highest BCUT2D eigenvalue weighted by Crippen LogP contribution is 2.43. The lowest BCUT2D eigenvalue weighted by Gasteiger charge is -2.39. The van der Waals surface area contributed by atoms with Crippen LogP contribution in [0.25, 0.3) is 0 Å². The quantitative estimate of drug-likeness (QED) is 0.449. The van der Waals surface area contributed by atoms with Crippen molar-refractivity contribution in [1.29, 1.82) is 0 Å². The fraction of sp³-hybridized carbons (Fsp3) is 0.826. The molecule has 0 aromatic rings. The van der Waals surface area contributed by atoms with Gasteiger partial charge in [-0.2, -0.15) is 0 Å². The smallest absolute Gasteiger partial charge is 0.331 e. The number of aliphatic carboxylic acids is 1. The van der Waals surface area contributed by atoms with Crippen LogP contribution in [-0.4, -0.2) is 69.5 Å². The van der Waals surface area contributed by atoms with Crippen LogP contribution in [0.5, 0.6) is 0 Å². The number of esters is 1. The number of carboxylic acid groups (broad SMARTS) is 1. The zero-order valence-electron chi connectivity index (χ0n) is 19.3. The molecule has 0 saturated carbocycles. The summed E-state index contributed by atoms with van der Waals surface area (Å²) in [7, 11) is 1.50. The highest BCUT2D eigenvalue weighted by Gasteiger charge is 2.50. The largest absolute Gasteiger partial charge is 0.478 e. The third-order valence-electron chi connectivity index (χ3n) is 7.35. The zero-order chi connectivity index (χ0) is 23.6. The summed E-state index contributed by atoms with van der Waals surface area (Å²) < 4.78 is 17.6. The number of hydrogen-bond acceptors (Lipinski definition) is 7. The number of aliphatic hydroxyl groups excluding tert-OH is 1. The summed E-state index contributed by atoms with van der Waals surface area (Å²) in [4.78, 5) is 23.4. The van der Waals surface area contributed by atoms with Crippen LogP contribution < -0.4 is 0 Å². The fourth-order valence-corrected chi connectivity index (χ4v) is 4.80. The summed E-state index contributed by atoms with van der Waals surface area (Å²) in [5, 5.41) is 31.7. The van der Waals surface area contributed by atoms with Crippen LogP contribution in [0.1, 0.15) is 72.6 Å². The predicted molar refractivity (Wildman–Crippen MR) is 113 cm³/mol. The van der Waals surface area contributed by atoms with Crippen molar-refractivity contribution < 1.29 is 39.1 Å². The molecule has 0 aromatic heterocycles. The van der Waals surface area contributed by atoms with Crippen molar-refractivity contribution in [3.8, 4) is 0 Å². The number of fused-ring (bicyclic) bond motifs is 2. The lowest BCUT2D eigenvalue weighted by atomic mass is 9.78. The molecule has 0 radical (unpaired) electrons. The van der Waals surface area contributed by atoms with Crippen LogP contribution in [0.15, 0.2) is 12.2 Å². The normalized spacial score (nSPS) is 42.0. The first-order valence-corrected chi connectivity index (χ1v) is 11.0. The van der Waals surface area contributed by atoms with E-state index in [4.69, 9.17) is 14.2 Å². The molecule has 8 nitrogen and oxygen atoms in total. The van der Waals surface area contributed by atoms with Crippen molar-refractivity contribution >= 4 is 11.9 Å². The van der Waals surface area contributed by atoms with Gasteiger partial charge in [-0.25, -0.2) is 4.79 Å². The van der Waals surface area contributed by atoms with Gasteiger partial charge in [0.2, 0.25) is 0 Å². The van der Waals surface area contributed by atoms with E-state index in [-0.39, 0.29) is 18.4 Å². The number of hydrogen-bond donors (Lipinski definition) is 3. The molecule has 0 spiro atoms. The molecule has 0 aromatic carbocycles. The standard InChI is InChI=1S/C23H38O8/c1-14(20(26)27)16-7-10-21(3,28)18-8-12-23(5,31-18)19(30-15(2)24)9-11-22(4,29-6)17(25)13-16/h16-19,25,28H,1,7-13H2,2-6H3,(H,26,27)/t16-,17-,18+,19+,21-,22+,23-/m1/s1. The number of rotatable bonds is 4. The summed E-state index contributed by atoms with van der Waals surface area (Å²) in [6, 6.07) is 0. The molecule has 2 bridgehead atoms. The van der Waals surface area contributed by atoms with Gasteiger partial charge in [0.15, 0.2) is 0 Å². The first kappa shape index (κ1) is 25.8. The second kappa shape index (κ2) is 9.57. The Morgan fingerprint density at radius 2 is 1.74 bits per heavy atom. The topological polar surface area (TPSA) is 123 Å². The minimum Gasteiger partial charge on any atom is -0.478 e. The van der Waals surface area contributed by atoms with E-state index < -0.39 is 53.0 Å². The van der Waals surface area contributed by atoms with Gasteiger partial charge in [0.1, 0.15) is 11.7 Å². The van der Waals surface area contributed by atoms with Gasteiger partial charge in [0, 0.05) is 19.6 Å². The Labute approximate surface area is 184 Å². The molecule has 8 heteroatoms. The molecule has 2 aliphatic heterocycles. The maximum Gasteiger partial charge on any atom is 0.331 e. The Hall–Kier alpha value is -1.48. The van der Waals surface area contributed by atoms with Crippen molar-refractivity contribution in [2.45, 2.75) is 108 Å².